The summed E-state index contributed by atoms with van der Waals surface area (Å²) < 4.78 is 13.2. The van der Waals surface area contributed by atoms with Crippen molar-refractivity contribution >= 4 is 38.0 Å². The van der Waals surface area contributed by atoms with Crippen LogP contribution in [0.3, 0.4) is 0 Å². The van der Waals surface area contributed by atoms with Crippen LogP contribution in [0, 0.1) is 10.1 Å². The first kappa shape index (κ1) is 13.1. The molecule has 0 aliphatic rings. The second-order valence-corrected chi connectivity index (χ2v) is 6.57. The van der Waals surface area contributed by atoms with Crippen LogP contribution in [0.1, 0.15) is 19.8 Å². The molecule has 1 atom stereocenters. The van der Waals surface area contributed by atoms with E-state index in [2.05, 4.69) is 4.98 Å². The maximum atomic E-state index is 11.9. The third-order valence-corrected chi connectivity index (χ3v) is 5.20. The SMILES string of the molecule is CCCCS(=O)c1nc2ccc([N+](=O)[O-])cc2s1. The molecule has 1 unspecified atom stereocenters. The highest BCUT2D eigenvalue weighted by Crippen LogP contribution is 2.28. The van der Waals surface area contributed by atoms with E-state index in [4.69, 9.17) is 0 Å². The largest absolute Gasteiger partial charge is 0.270 e. The molecule has 0 radical (unpaired) electrons. The monoisotopic (exact) mass is 284 g/mol. The van der Waals surface area contributed by atoms with Crippen molar-refractivity contribution in [3.8, 4) is 0 Å². The normalized spacial score (nSPS) is 12.7. The average Bonchev–Trinajstić information content (AvgIpc) is 2.78. The molecule has 18 heavy (non-hydrogen) atoms. The maximum absolute atomic E-state index is 11.9. The lowest BCUT2D eigenvalue weighted by Crippen LogP contribution is -1.96. The summed E-state index contributed by atoms with van der Waals surface area (Å²) in [4.78, 5) is 14.5. The number of hydrogen-bond acceptors (Lipinski definition) is 5. The van der Waals surface area contributed by atoms with Crippen LogP contribution < -0.4 is 0 Å². The van der Waals surface area contributed by atoms with Gasteiger partial charge in [-0.2, -0.15) is 0 Å². The molecule has 0 bridgehead atoms. The van der Waals surface area contributed by atoms with Gasteiger partial charge in [-0.15, -0.1) is 11.3 Å². The van der Waals surface area contributed by atoms with Crippen molar-refractivity contribution in [3.05, 3.63) is 28.3 Å². The summed E-state index contributed by atoms with van der Waals surface area (Å²) in [6.45, 7) is 2.04. The topological polar surface area (TPSA) is 73.1 Å². The summed E-state index contributed by atoms with van der Waals surface area (Å²) in [5.41, 5.74) is 0.711. The van der Waals surface area contributed by atoms with E-state index in [0.717, 1.165) is 12.8 Å². The molecule has 2 rings (SSSR count). The Labute approximate surface area is 110 Å². The minimum atomic E-state index is -1.10. The van der Waals surface area contributed by atoms with Gasteiger partial charge in [0.1, 0.15) is 0 Å². The highest BCUT2D eigenvalue weighted by atomic mass is 32.2. The second-order valence-electron chi connectivity index (χ2n) is 3.79. The number of non-ortho nitro benzene ring substituents is 1. The first-order valence-electron chi connectivity index (χ1n) is 5.55. The molecule has 0 fully saturated rings. The first-order chi connectivity index (χ1) is 8.61. The van der Waals surface area contributed by atoms with Crippen LogP contribution in [-0.2, 0) is 10.8 Å². The molecule has 0 spiro atoms. The zero-order valence-electron chi connectivity index (χ0n) is 9.79. The van der Waals surface area contributed by atoms with Crippen molar-refractivity contribution < 1.29 is 9.13 Å². The molecule has 1 aromatic heterocycles. The molecule has 0 N–H and O–H groups in total. The standard InChI is InChI=1S/C11H12N2O3S2/c1-2-3-6-18(16)11-12-9-5-4-8(13(14)15)7-10(9)17-11/h4-5,7H,2-3,6H2,1H3. The van der Waals surface area contributed by atoms with E-state index in [9.17, 15) is 14.3 Å². The first-order valence-corrected chi connectivity index (χ1v) is 7.68. The van der Waals surface area contributed by atoms with Crippen LogP contribution in [0.15, 0.2) is 22.5 Å². The number of nitro benzene ring substituents is 1. The van der Waals surface area contributed by atoms with E-state index in [1.165, 1.54) is 23.5 Å². The number of hydrogen-bond donors (Lipinski definition) is 0. The molecule has 0 saturated carbocycles. The van der Waals surface area contributed by atoms with E-state index in [1.807, 2.05) is 6.92 Å². The highest BCUT2D eigenvalue weighted by molar-refractivity contribution is 7.87. The van der Waals surface area contributed by atoms with Crippen molar-refractivity contribution in [3.63, 3.8) is 0 Å². The third-order valence-electron chi connectivity index (χ3n) is 2.44. The fraction of sp³-hybridized carbons (Fsp3) is 0.364. The molecular weight excluding hydrogens is 272 g/mol. The van der Waals surface area contributed by atoms with Gasteiger partial charge in [0.15, 0.2) is 4.34 Å². The number of rotatable bonds is 5. The lowest BCUT2D eigenvalue weighted by atomic mass is 10.3. The van der Waals surface area contributed by atoms with Crippen LogP contribution in [-0.4, -0.2) is 19.9 Å². The molecular formula is C11H12N2O3S2. The van der Waals surface area contributed by atoms with Gasteiger partial charge in [0.25, 0.3) is 5.69 Å². The fourth-order valence-electron chi connectivity index (χ4n) is 1.47. The number of fused-ring (bicyclic) bond motifs is 1. The Kier molecular flexibility index (Phi) is 4.03. The zero-order valence-corrected chi connectivity index (χ0v) is 11.4. The lowest BCUT2D eigenvalue weighted by Gasteiger charge is -1.94. The van der Waals surface area contributed by atoms with E-state index < -0.39 is 15.7 Å². The zero-order chi connectivity index (χ0) is 13.1. The Hall–Kier alpha value is -1.34. The van der Waals surface area contributed by atoms with Crippen LogP contribution in [0.25, 0.3) is 10.2 Å². The number of thiazole rings is 1. The van der Waals surface area contributed by atoms with Gasteiger partial charge in [0, 0.05) is 17.9 Å². The predicted octanol–water partition coefficient (Wildman–Crippen LogP) is 3.11. The van der Waals surface area contributed by atoms with Gasteiger partial charge in [-0.3, -0.25) is 14.3 Å². The van der Waals surface area contributed by atoms with Crippen molar-refractivity contribution in [1.29, 1.82) is 0 Å². The van der Waals surface area contributed by atoms with Gasteiger partial charge in [-0.05, 0) is 12.5 Å². The fourth-order valence-corrected chi connectivity index (χ4v) is 4.01. The molecule has 2 aromatic rings. The summed E-state index contributed by atoms with van der Waals surface area (Å²) in [6.07, 6.45) is 1.88. The highest BCUT2D eigenvalue weighted by Gasteiger charge is 2.13. The Morgan fingerprint density at radius 3 is 2.94 bits per heavy atom. The summed E-state index contributed by atoms with van der Waals surface area (Å²) >= 11 is 1.27. The molecule has 5 nitrogen and oxygen atoms in total. The van der Waals surface area contributed by atoms with Gasteiger partial charge in [0.2, 0.25) is 0 Å². The van der Waals surface area contributed by atoms with E-state index in [-0.39, 0.29) is 5.69 Å². The van der Waals surface area contributed by atoms with E-state index in [0.29, 0.717) is 20.3 Å². The van der Waals surface area contributed by atoms with Gasteiger partial charge >= 0.3 is 0 Å². The summed E-state index contributed by atoms with van der Waals surface area (Å²) in [6, 6.07) is 4.50. The van der Waals surface area contributed by atoms with Gasteiger partial charge in [0.05, 0.1) is 25.9 Å². The summed E-state index contributed by atoms with van der Waals surface area (Å²) in [5.74, 6) is 0.596. The quantitative estimate of drug-likeness (QED) is 0.624. The molecule has 96 valence electrons. The minimum Gasteiger partial charge on any atom is -0.258 e. The van der Waals surface area contributed by atoms with Crippen LogP contribution in [0.2, 0.25) is 0 Å². The molecule has 0 aliphatic carbocycles. The average molecular weight is 284 g/mol. The van der Waals surface area contributed by atoms with Gasteiger partial charge < -0.3 is 0 Å². The number of benzene rings is 1. The molecule has 1 heterocycles. The van der Waals surface area contributed by atoms with E-state index >= 15 is 0 Å². The Balaban J connectivity index is 2.32. The van der Waals surface area contributed by atoms with Crippen molar-refractivity contribution in [2.45, 2.75) is 24.1 Å². The third kappa shape index (κ3) is 2.73. The lowest BCUT2D eigenvalue weighted by molar-refractivity contribution is -0.384. The number of unbranched alkanes of at least 4 members (excludes halogenated alkanes) is 1. The van der Waals surface area contributed by atoms with Gasteiger partial charge in [-0.25, -0.2) is 4.98 Å². The van der Waals surface area contributed by atoms with Crippen molar-refractivity contribution in [2.24, 2.45) is 0 Å². The molecule has 0 saturated heterocycles. The van der Waals surface area contributed by atoms with E-state index in [1.54, 1.807) is 6.07 Å². The number of aromatic nitrogens is 1. The summed E-state index contributed by atoms with van der Waals surface area (Å²) in [5, 5.41) is 10.7. The number of nitrogens with zero attached hydrogens (tertiary/aromatic N) is 2. The Morgan fingerprint density at radius 1 is 1.50 bits per heavy atom. The summed E-state index contributed by atoms with van der Waals surface area (Å²) in [7, 11) is -1.10. The van der Waals surface area contributed by atoms with Crippen molar-refractivity contribution in [1.82, 2.24) is 4.98 Å². The molecule has 7 heteroatoms. The minimum absolute atomic E-state index is 0.0389. The maximum Gasteiger partial charge on any atom is 0.270 e. The number of nitro groups is 1. The van der Waals surface area contributed by atoms with Crippen molar-refractivity contribution in [2.75, 3.05) is 5.75 Å². The smallest absolute Gasteiger partial charge is 0.258 e. The van der Waals surface area contributed by atoms with Gasteiger partial charge in [-0.1, -0.05) is 13.3 Å². The Morgan fingerprint density at radius 2 is 2.28 bits per heavy atom. The predicted molar refractivity (Wildman–Crippen MR) is 72.5 cm³/mol. The molecule has 1 aromatic carbocycles. The van der Waals surface area contributed by atoms with Crippen LogP contribution in [0.4, 0.5) is 5.69 Å². The second kappa shape index (κ2) is 5.53. The molecule has 0 amide bonds. The molecule has 0 aliphatic heterocycles. The Bertz CT molecular complexity index is 609. The van der Waals surface area contributed by atoms with Crippen LogP contribution in [0.5, 0.6) is 0 Å². The van der Waals surface area contributed by atoms with Crippen LogP contribution >= 0.6 is 11.3 Å².